The highest BCUT2D eigenvalue weighted by Crippen LogP contribution is 2.36. The Labute approximate surface area is 75.8 Å². The van der Waals surface area contributed by atoms with E-state index in [-0.39, 0.29) is 0 Å². The Balaban J connectivity index is 2.51. The fraction of sp³-hybridized carbons (Fsp3) is 0.909. The molecule has 1 nitrogen and oxygen atoms in total. The summed E-state index contributed by atoms with van der Waals surface area (Å²) < 4.78 is 0. The summed E-state index contributed by atoms with van der Waals surface area (Å²) in [5.41, 5.74) is 0. The number of hydrogen-bond donors (Lipinski definition) is 0. The Morgan fingerprint density at radius 3 is 2.50 bits per heavy atom. The van der Waals surface area contributed by atoms with E-state index in [1.54, 1.807) is 0 Å². The second-order valence-corrected chi connectivity index (χ2v) is 4.53. The summed E-state index contributed by atoms with van der Waals surface area (Å²) >= 11 is 0. The zero-order valence-electron chi connectivity index (χ0n) is 8.38. The topological polar surface area (TPSA) is 23.8 Å². The molecule has 1 aliphatic rings. The van der Waals surface area contributed by atoms with E-state index >= 15 is 0 Å². The van der Waals surface area contributed by atoms with Crippen molar-refractivity contribution in [2.75, 3.05) is 0 Å². The van der Waals surface area contributed by atoms with E-state index in [0.717, 1.165) is 18.3 Å². The van der Waals surface area contributed by atoms with Crippen molar-refractivity contribution in [3.05, 3.63) is 0 Å². The predicted octanol–water partition coefficient (Wildman–Crippen LogP) is 3.22. The molecule has 1 saturated carbocycles. The van der Waals surface area contributed by atoms with Gasteiger partial charge in [-0.15, -0.1) is 0 Å². The van der Waals surface area contributed by atoms with Crippen LogP contribution in [-0.4, -0.2) is 0 Å². The maximum absolute atomic E-state index is 8.91. The van der Waals surface area contributed by atoms with Crippen molar-refractivity contribution < 1.29 is 0 Å². The Hall–Kier alpha value is -0.510. The average molecular weight is 165 g/mol. The molecule has 1 heteroatoms. The van der Waals surface area contributed by atoms with Gasteiger partial charge in [0.2, 0.25) is 0 Å². The summed E-state index contributed by atoms with van der Waals surface area (Å²) in [6.45, 7) is 6.76. The van der Waals surface area contributed by atoms with Crippen molar-refractivity contribution >= 4 is 0 Å². The van der Waals surface area contributed by atoms with Crippen molar-refractivity contribution in [3.8, 4) is 6.07 Å². The van der Waals surface area contributed by atoms with Gasteiger partial charge in [-0.2, -0.15) is 5.26 Å². The molecule has 0 aromatic heterocycles. The molecule has 0 aromatic carbocycles. The highest BCUT2D eigenvalue weighted by molar-refractivity contribution is 4.92. The second kappa shape index (κ2) is 3.94. The van der Waals surface area contributed by atoms with Crippen LogP contribution in [0.15, 0.2) is 0 Å². The predicted molar refractivity (Wildman–Crippen MR) is 50.4 cm³/mol. The van der Waals surface area contributed by atoms with Crippen LogP contribution in [0, 0.1) is 35.0 Å². The van der Waals surface area contributed by atoms with Gasteiger partial charge in [-0.1, -0.05) is 20.8 Å². The van der Waals surface area contributed by atoms with Crippen LogP contribution in [0.4, 0.5) is 0 Å². The molecular weight excluding hydrogens is 146 g/mol. The summed E-state index contributed by atoms with van der Waals surface area (Å²) in [7, 11) is 0. The minimum Gasteiger partial charge on any atom is -0.198 e. The van der Waals surface area contributed by atoms with Crippen molar-refractivity contribution in [2.45, 2.75) is 40.0 Å². The number of nitriles is 1. The zero-order valence-corrected chi connectivity index (χ0v) is 8.38. The lowest BCUT2D eigenvalue weighted by atomic mass is 9.72. The molecular formula is C11H19N. The van der Waals surface area contributed by atoms with Crippen molar-refractivity contribution in [1.29, 1.82) is 5.26 Å². The Kier molecular flexibility index (Phi) is 3.14. The Morgan fingerprint density at radius 2 is 2.00 bits per heavy atom. The van der Waals surface area contributed by atoms with E-state index in [2.05, 4.69) is 26.8 Å². The maximum Gasteiger partial charge on any atom is 0.0658 e. The van der Waals surface area contributed by atoms with Gasteiger partial charge in [0, 0.05) is 5.92 Å². The molecule has 3 atom stereocenters. The largest absolute Gasteiger partial charge is 0.198 e. The first-order chi connectivity index (χ1) is 5.65. The van der Waals surface area contributed by atoms with Crippen LogP contribution in [0.3, 0.4) is 0 Å². The normalized spacial score (nSPS) is 36.4. The van der Waals surface area contributed by atoms with Gasteiger partial charge >= 0.3 is 0 Å². The third-order valence-corrected chi connectivity index (χ3v) is 3.35. The van der Waals surface area contributed by atoms with E-state index in [1.807, 2.05) is 0 Å². The lowest BCUT2D eigenvalue weighted by Gasteiger charge is -2.32. The van der Waals surface area contributed by atoms with Crippen molar-refractivity contribution in [2.24, 2.45) is 23.7 Å². The summed E-state index contributed by atoms with van der Waals surface area (Å²) in [6.07, 6.45) is 3.72. The molecule has 1 fully saturated rings. The highest BCUT2D eigenvalue weighted by atomic mass is 14.4. The maximum atomic E-state index is 8.91. The molecule has 0 bridgehead atoms. The monoisotopic (exact) mass is 165 g/mol. The van der Waals surface area contributed by atoms with Gasteiger partial charge in [0.25, 0.3) is 0 Å². The van der Waals surface area contributed by atoms with Crippen LogP contribution in [0.5, 0.6) is 0 Å². The molecule has 0 unspecified atom stereocenters. The average Bonchev–Trinajstić information content (AvgIpc) is 2.05. The molecule has 0 spiro atoms. The molecule has 0 heterocycles. The smallest absolute Gasteiger partial charge is 0.0658 e. The Morgan fingerprint density at radius 1 is 1.33 bits per heavy atom. The summed E-state index contributed by atoms with van der Waals surface area (Å²) in [5.74, 6) is 2.51. The molecule has 0 saturated heterocycles. The Bertz CT molecular complexity index is 178. The molecule has 0 amide bonds. The van der Waals surface area contributed by atoms with Gasteiger partial charge in [0.15, 0.2) is 0 Å². The molecule has 0 aromatic rings. The number of hydrogen-bond acceptors (Lipinski definition) is 1. The van der Waals surface area contributed by atoms with Crippen LogP contribution < -0.4 is 0 Å². The third kappa shape index (κ3) is 2.00. The van der Waals surface area contributed by atoms with E-state index < -0.39 is 0 Å². The van der Waals surface area contributed by atoms with Gasteiger partial charge in [-0.3, -0.25) is 0 Å². The van der Waals surface area contributed by atoms with Gasteiger partial charge in [0.05, 0.1) is 6.07 Å². The van der Waals surface area contributed by atoms with Gasteiger partial charge < -0.3 is 0 Å². The lowest BCUT2D eigenvalue weighted by molar-refractivity contribution is 0.193. The van der Waals surface area contributed by atoms with Gasteiger partial charge in [-0.25, -0.2) is 0 Å². The second-order valence-electron chi connectivity index (χ2n) is 4.53. The standard InChI is InChI=1S/C11H19N/c1-8(2)10-5-4-9(3)11(6-10)7-12/h8-11H,4-6H2,1-3H3/t9-,10-,11-/m0/s1. The lowest BCUT2D eigenvalue weighted by Crippen LogP contribution is -2.24. The molecule has 12 heavy (non-hydrogen) atoms. The first-order valence-electron chi connectivity index (χ1n) is 5.04. The summed E-state index contributed by atoms with van der Waals surface area (Å²) in [6, 6.07) is 2.44. The highest BCUT2D eigenvalue weighted by Gasteiger charge is 2.28. The fourth-order valence-corrected chi connectivity index (χ4v) is 2.14. The van der Waals surface area contributed by atoms with Gasteiger partial charge in [-0.05, 0) is 37.0 Å². The van der Waals surface area contributed by atoms with Gasteiger partial charge in [0.1, 0.15) is 0 Å². The third-order valence-electron chi connectivity index (χ3n) is 3.35. The first kappa shape index (κ1) is 9.58. The van der Waals surface area contributed by atoms with E-state index in [0.29, 0.717) is 11.8 Å². The van der Waals surface area contributed by atoms with E-state index in [1.165, 1.54) is 12.8 Å². The fourth-order valence-electron chi connectivity index (χ4n) is 2.14. The van der Waals surface area contributed by atoms with Crippen molar-refractivity contribution in [3.63, 3.8) is 0 Å². The van der Waals surface area contributed by atoms with Crippen LogP contribution in [0.1, 0.15) is 40.0 Å². The van der Waals surface area contributed by atoms with Crippen LogP contribution in [0.25, 0.3) is 0 Å². The van der Waals surface area contributed by atoms with Crippen LogP contribution in [-0.2, 0) is 0 Å². The van der Waals surface area contributed by atoms with E-state index in [4.69, 9.17) is 5.26 Å². The van der Waals surface area contributed by atoms with Crippen LogP contribution in [0.2, 0.25) is 0 Å². The summed E-state index contributed by atoms with van der Waals surface area (Å²) in [5, 5.41) is 8.91. The molecule has 0 aliphatic heterocycles. The zero-order chi connectivity index (χ0) is 9.14. The first-order valence-corrected chi connectivity index (χ1v) is 5.04. The molecule has 0 N–H and O–H groups in total. The summed E-state index contributed by atoms with van der Waals surface area (Å²) in [4.78, 5) is 0. The molecule has 68 valence electrons. The molecule has 1 rings (SSSR count). The van der Waals surface area contributed by atoms with Crippen molar-refractivity contribution in [1.82, 2.24) is 0 Å². The SMILES string of the molecule is CC(C)[C@H]1CC[C@H](C)[C@H](C#N)C1. The minimum absolute atomic E-state index is 0.325. The van der Waals surface area contributed by atoms with E-state index in [9.17, 15) is 0 Å². The molecule has 0 radical (unpaired) electrons. The quantitative estimate of drug-likeness (QED) is 0.585. The number of rotatable bonds is 1. The van der Waals surface area contributed by atoms with Crippen LogP contribution >= 0.6 is 0 Å². The minimum atomic E-state index is 0.325. The molecule has 1 aliphatic carbocycles. The number of nitrogens with zero attached hydrogens (tertiary/aromatic N) is 1.